The Morgan fingerprint density at radius 1 is 1.19 bits per heavy atom. The van der Waals surface area contributed by atoms with E-state index in [1.807, 2.05) is 12.1 Å². The zero-order valence-electron chi connectivity index (χ0n) is 8.70. The molecule has 0 radical (unpaired) electrons. The molecule has 3 rings (SSSR count). The number of ether oxygens (including phenoxy) is 1. The number of anilines is 1. The molecule has 1 saturated heterocycles. The summed E-state index contributed by atoms with van der Waals surface area (Å²) in [5, 5.41) is 8.20. The van der Waals surface area contributed by atoms with Gasteiger partial charge in [-0.25, -0.2) is 4.98 Å². The molecule has 0 aromatic carbocycles. The van der Waals surface area contributed by atoms with Gasteiger partial charge < -0.3 is 9.64 Å². The van der Waals surface area contributed by atoms with Gasteiger partial charge >= 0.3 is 0 Å². The van der Waals surface area contributed by atoms with E-state index in [0.717, 1.165) is 18.6 Å². The van der Waals surface area contributed by atoms with Crippen molar-refractivity contribution in [1.82, 2.24) is 20.2 Å². The van der Waals surface area contributed by atoms with Crippen molar-refractivity contribution in [3.8, 4) is 0 Å². The lowest BCUT2D eigenvalue weighted by molar-refractivity contribution is 0.122. The predicted octanol–water partition coefficient (Wildman–Crippen LogP) is 0.256. The number of pyridine rings is 1. The molecule has 6 nitrogen and oxygen atoms in total. The number of hydrogen-bond acceptors (Lipinski definition) is 6. The minimum absolute atomic E-state index is 0.634. The van der Waals surface area contributed by atoms with Crippen LogP contribution in [0, 0.1) is 0 Å². The molecule has 82 valence electrons. The molecule has 0 atom stereocenters. The van der Waals surface area contributed by atoms with Gasteiger partial charge in [-0.2, -0.15) is 4.98 Å². The van der Waals surface area contributed by atoms with Crippen LogP contribution in [0.15, 0.2) is 18.3 Å². The normalized spacial score (nSPS) is 16.6. The number of nitrogens with zero attached hydrogens (tertiary/aromatic N) is 5. The van der Waals surface area contributed by atoms with E-state index in [-0.39, 0.29) is 0 Å². The van der Waals surface area contributed by atoms with Gasteiger partial charge in [0.05, 0.1) is 13.2 Å². The fourth-order valence-electron chi connectivity index (χ4n) is 1.67. The number of rotatable bonds is 1. The quantitative estimate of drug-likeness (QED) is 0.682. The first kappa shape index (κ1) is 9.41. The summed E-state index contributed by atoms with van der Waals surface area (Å²) < 4.78 is 5.28. The topological polar surface area (TPSA) is 64.0 Å². The van der Waals surface area contributed by atoms with E-state index in [2.05, 4.69) is 25.1 Å². The molecule has 2 aromatic rings. The molecule has 3 heterocycles. The summed E-state index contributed by atoms with van der Waals surface area (Å²) in [7, 11) is 0. The fraction of sp³-hybridized carbons (Fsp3) is 0.400. The Kier molecular flexibility index (Phi) is 2.34. The fourth-order valence-corrected chi connectivity index (χ4v) is 1.67. The van der Waals surface area contributed by atoms with Crippen LogP contribution in [0.3, 0.4) is 0 Å². The average molecular weight is 217 g/mol. The summed E-state index contributed by atoms with van der Waals surface area (Å²) in [5.41, 5.74) is 1.36. The van der Waals surface area contributed by atoms with Crippen LogP contribution in [0.1, 0.15) is 0 Å². The second-order valence-corrected chi connectivity index (χ2v) is 3.56. The minimum Gasteiger partial charge on any atom is -0.378 e. The smallest absolute Gasteiger partial charge is 0.247 e. The van der Waals surface area contributed by atoms with Gasteiger partial charge in [-0.1, -0.05) is 0 Å². The summed E-state index contributed by atoms with van der Waals surface area (Å²) in [4.78, 5) is 10.6. The molecule has 1 aliphatic rings. The highest BCUT2D eigenvalue weighted by Crippen LogP contribution is 2.11. The lowest BCUT2D eigenvalue weighted by atomic mass is 10.4. The van der Waals surface area contributed by atoms with E-state index >= 15 is 0 Å². The number of hydrogen-bond donors (Lipinski definition) is 0. The van der Waals surface area contributed by atoms with Crippen LogP contribution in [0.2, 0.25) is 0 Å². The van der Waals surface area contributed by atoms with Crippen molar-refractivity contribution < 1.29 is 4.74 Å². The molecule has 2 aromatic heterocycles. The Morgan fingerprint density at radius 2 is 2.06 bits per heavy atom. The summed E-state index contributed by atoms with van der Waals surface area (Å²) in [5.74, 6) is 0.634. The lowest BCUT2D eigenvalue weighted by Crippen LogP contribution is -2.37. The molecule has 1 fully saturated rings. The van der Waals surface area contributed by atoms with Crippen LogP contribution < -0.4 is 4.90 Å². The van der Waals surface area contributed by atoms with Crippen LogP contribution in [0.5, 0.6) is 0 Å². The van der Waals surface area contributed by atoms with Gasteiger partial charge in [-0.05, 0) is 12.1 Å². The Labute approximate surface area is 92.3 Å². The third-order valence-corrected chi connectivity index (χ3v) is 2.51. The highest BCUT2D eigenvalue weighted by Gasteiger charge is 2.14. The third kappa shape index (κ3) is 1.67. The van der Waals surface area contributed by atoms with Crippen molar-refractivity contribution in [2.75, 3.05) is 31.2 Å². The minimum atomic E-state index is 0.634. The highest BCUT2D eigenvalue weighted by atomic mass is 16.5. The van der Waals surface area contributed by atoms with Crippen LogP contribution in [0.4, 0.5) is 5.95 Å². The SMILES string of the molecule is c1cnc2nc(N3CCOCC3)nnc2c1. The lowest BCUT2D eigenvalue weighted by Gasteiger charge is -2.26. The first-order valence-electron chi connectivity index (χ1n) is 5.21. The van der Waals surface area contributed by atoms with Gasteiger partial charge in [0.15, 0.2) is 5.65 Å². The van der Waals surface area contributed by atoms with Gasteiger partial charge in [0.2, 0.25) is 5.95 Å². The molecule has 1 aliphatic heterocycles. The van der Waals surface area contributed by atoms with Crippen molar-refractivity contribution in [3.63, 3.8) is 0 Å². The van der Waals surface area contributed by atoms with Gasteiger partial charge in [-0.3, -0.25) is 0 Å². The molecule has 0 saturated carbocycles. The van der Waals surface area contributed by atoms with Gasteiger partial charge in [0.25, 0.3) is 0 Å². The summed E-state index contributed by atoms with van der Waals surface area (Å²) >= 11 is 0. The maximum absolute atomic E-state index is 5.28. The molecule has 16 heavy (non-hydrogen) atoms. The first-order chi connectivity index (χ1) is 7.93. The Hall–Kier alpha value is -1.82. The number of aromatic nitrogens is 4. The predicted molar refractivity (Wildman–Crippen MR) is 58.2 cm³/mol. The van der Waals surface area contributed by atoms with Crippen molar-refractivity contribution >= 4 is 17.1 Å². The zero-order valence-corrected chi connectivity index (χ0v) is 8.70. The summed E-state index contributed by atoms with van der Waals surface area (Å²) in [6.45, 7) is 3.03. The molecular weight excluding hydrogens is 206 g/mol. The molecule has 0 unspecified atom stereocenters. The number of fused-ring (bicyclic) bond motifs is 1. The molecular formula is C10H11N5O. The highest BCUT2D eigenvalue weighted by molar-refractivity contribution is 5.69. The van der Waals surface area contributed by atoms with Crippen LogP contribution in [-0.4, -0.2) is 46.5 Å². The van der Waals surface area contributed by atoms with Crippen LogP contribution in [0.25, 0.3) is 11.2 Å². The van der Waals surface area contributed by atoms with Crippen molar-refractivity contribution in [1.29, 1.82) is 0 Å². The third-order valence-electron chi connectivity index (χ3n) is 2.51. The monoisotopic (exact) mass is 217 g/mol. The Morgan fingerprint density at radius 3 is 2.94 bits per heavy atom. The summed E-state index contributed by atoms with van der Waals surface area (Å²) in [6, 6.07) is 3.68. The van der Waals surface area contributed by atoms with E-state index in [1.54, 1.807) is 6.20 Å². The second kappa shape index (κ2) is 3.97. The molecule has 0 N–H and O–H groups in total. The molecule has 0 bridgehead atoms. The van der Waals surface area contributed by atoms with Gasteiger partial charge in [0, 0.05) is 19.3 Å². The van der Waals surface area contributed by atoms with E-state index < -0.39 is 0 Å². The van der Waals surface area contributed by atoms with Gasteiger partial charge in [0.1, 0.15) is 5.52 Å². The average Bonchev–Trinajstić information content (AvgIpc) is 2.39. The largest absolute Gasteiger partial charge is 0.378 e. The zero-order chi connectivity index (χ0) is 10.8. The maximum atomic E-state index is 5.28. The standard InChI is InChI=1S/C10H11N5O/c1-2-8-9(11-3-1)12-10(14-13-8)15-4-6-16-7-5-15/h1-3H,4-7H2. The van der Waals surface area contributed by atoms with Gasteiger partial charge in [-0.15, -0.1) is 10.2 Å². The van der Waals surface area contributed by atoms with E-state index in [1.165, 1.54) is 0 Å². The Balaban J connectivity index is 1.97. The molecule has 0 amide bonds. The van der Waals surface area contributed by atoms with Crippen LogP contribution in [-0.2, 0) is 4.74 Å². The second-order valence-electron chi connectivity index (χ2n) is 3.56. The van der Waals surface area contributed by atoms with E-state index in [9.17, 15) is 0 Å². The van der Waals surface area contributed by atoms with E-state index in [4.69, 9.17) is 4.74 Å². The van der Waals surface area contributed by atoms with Crippen molar-refractivity contribution in [3.05, 3.63) is 18.3 Å². The van der Waals surface area contributed by atoms with Crippen LogP contribution >= 0.6 is 0 Å². The van der Waals surface area contributed by atoms with Crippen molar-refractivity contribution in [2.45, 2.75) is 0 Å². The summed E-state index contributed by atoms with van der Waals surface area (Å²) in [6.07, 6.45) is 1.71. The van der Waals surface area contributed by atoms with Crippen molar-refractivity contribution in [2.24, 2.45) is 0 Å². The number of morpholine rings is 1. The van der Waals surface area contributed by atoms with E-state index in [0.29, 0.717) is 24.8 Å². The first-order valence-corrected chi connectivity index (χ1v) is 5.21. The molecule has 0 spiro atoms. The molecule has 6 heteroatoms. The molecule has 0 aliphatic carbocycles. The maximum Gasteiger partial charge on any atom is 0.247 e. The Bertz CT molecular complexity index is 497.